The zero-order valence-electron chi connectivity index (χ0n) is 12.8. The first-order chi connectivity index (χ1) is 10.4. The maximum absolute atomic E-state index is 13.6. The average Bonchev–Trinajstić information content (AvgIpc) is 2.35. The Balaban J connectivity index is 2.51. The lowest BCUT2D eigenvalue weighted by Gasteiger charge is -2.38. The Bertz CT molecular complexity index is 625. The normalized spacial score (nSPS) is 18.6. The maximum atomic E-state index is 13.6. The van der Waals surface area contributed by atoms with E-state index in [4.69, 9.17) is 4.74 Å². The predicted octanol–water partition coefficient (Wildman–Crippen LogP) is 5.21. The standard InChI is InChI=1S/C15H16BrF4NO2/c1-14(2,3)23-13(22)21-11-7-9(16)10(17)6-8(11)4-5-12(21)15(18,19)20/h6-7,12H,4-5H2,1-3H3. The van der Waals surface area contributed by atoms with Crippen molar-refractivity contribution in [2.75, 3.05) is 4.90 Å². The predicted molar refractivity (Wildman–Crippen MR) is 81.0 cm³/mol. The van der Waals surface area contributed by atoms with Gasteiger partial charge in [0.15, 0.2) is 0 Å². The number of alkyl halides is 3. The van der Waals surface area contributed by atoms with Crippen molar-refractivity contribution in [3.63, 3.8) is 0 Å². The smallest absolute Gasteiger partial charge is 0.415 e. The van der Waals surface area contributed by atoms with Crippen molar-refractivity contribution in [1.29, 1.82) is 0 Å². The number of carbonyl (C=O) groups excluding carboxylic acids is 1. The molecule has 1 aliphatic heterocycles. The largest absolute Gasteiger partial charge is 0.443 e. The molecule has 128 valence electrons. The molecule has 0 spiro atoms. The summed E-state index contributed by atoms with van der Waals surface area (Å²) in [5.41, 5.74) is -0.583. The highest BCUT2D eigenvalue weighted by Crippen LogP contribution is 2.40. The zero-order valence-corrected chi connectivity index (χ0v) is 14.4. The minimum Gasteiger partial charge on any atom is -0.443 e. The number of hydrogen-bond donors (Lipinski definition) is 0. The number of hydrogen-bond acceptors (Lipinski definition) is 2. The average molecular weight is 398 g/mol. The third kappa shape index (κ3) is 3.97. The minimum atomic E-state index is -4.60. The van der Waals surface area contributed by atoms with Gasteiger partial charge >= 0.3 is 12.3 Å². The van der Waals surface area contributed by atoms with Crippen LogP contribution in [-0.2, 0) is 11.2 Å². The molecule has 0 fully saturated rings. The molecule has 0 saturated heterocycles. The van der Waals surface area contributed by atoms with Crippen molar-refractivity contribution in [1.82, 2.24) is 0 Å². The Kier molecular flexibility index (Phi) is 4.67. The molecule has 0 aliphatic carbocycles. The van der Waals surface area contributed by atoms with E-state index in [1.165, 1.54) is 6.07 Å². The summed E-state index contributed by atoms with van der Waals surface area (Å²) in [4.78, 5) is 12.9. The van der Waals surface area contributed by atoms with E-state index in [9.17, 15) is 22.4 Å². The van der Waals surface area contributed by atoms with E-state index in [1.807, 2.05) is 0 Å². The second kappa shape index (κ2) is 5.96. The molecule has 0 radical (unpaired) electrons. The van der Waals surface area contributed by atoms with Crippen LogP contribution >= 0.6 is 15.9 Å². The molecular formula is C15H16BrF4NO2. The molecule has 3 nitrogen and oxygen atoms in total. The lowest BCUT2D eigenvalue weighted by Crippen LogP contribution is -2.53. The molecule has 8 heteroatoms. The third-order valence-corrected chi connectivity index (χ3v) is 3.96. The number of nitrogens with zero attached hydrogens (tertiary/aromatic N) is 1. The van der Waals surface area contributed by atoms with E-state index < -0.39 is 29.7 Å². The molecule has 1 atom stereocenters. The molecule has 0 N–H and O–H groups in total. The van der Waals surface area contributed by atoms with Crippen molar-refractivity contribution >= 4 is 27.7 Å². The van der Waals surface area contributed by atoms with Crippen molar-refractivity contribution in [3.05, 3.63) is 28.0 Å². The number of anilines is 1. The van der Waals surface area contributed by atoms with Crippen LogP contribution in [0.25, 0.3) is 0 Å². The summed E-state index contributed by atoms with van der Waals surface area (Å²) in [5.74, 6) is -0.585. The van der Waals surface area contributed by atoms with Gasteiger partial charge in [0, 0.05) is 0 Å². The van der Waals surface area contributed by atoms with Crippen molar-refractivity contribution in [2.24, 2.45) is 0 Å². The number of ether oxygens (including phenoxy) is 1. The van der Waals surface area contributed by atoms with Crippen LogP contribution in [0.4, 0.5) is 28.0 Å². The zero-order chi connectivity index (χ0) is 17.6. The van der Waals surface area contributed by atoms with Gasteiger partial charge in [-0.05, 0) is 67.2 Å². The molecule has 1 aromatic carbocycles. The lowest BCUT2D eigenvalue weighted by atomic mass is 9.95. The summed E-state index contributed by atoms with van der Waals surface area (Å²) >= 11 is 2.95. The van der Waals surface area contributed by atoms with Crippen LogP contribution in [0.15, 0.2) is 16.6 Å². The molecule has 0 bridgehead atoms. The SMILES string of the molecule is CC(C)(C)OC(=O)N1c2cc(Br)c(F)cc2CCC1C(F)(F)F. The molecule has 23 heavy (non-hydrogen) atoms. The van der Waals surface area contributed by atoms with E-state index in [-0.39, 0.29) is 23.0 Å². The lowest BCUT2D eigenvalue weighted by molar-refractivity contribution is -0.150. The number of aryl methyl sites for hydroxylation is 1. The topological polar surface area (TPSA) is 29.5 Å². The van der Waals surface area contributed by atoms with Gasteiger partial charge in [-0.1, -0.05) is 0 Å². The molecule has 0 aromatic heterocycles. The first-order valence-corrected chi connectivity index (χ1v) is 7.76. The van der Waals surface area contributed by atoms with E-state index in [1.54, 1.807) is 20.8 Å². The van der Waals surface area contributed by atoms with Crippen LogP contribution in [0.3, 0.4) is 0 Å². The minimum absolute atomic E-state index is 0.00682. The second-order valence-corrected chi connectivity index (χ2v) is 7.20. The quantitative estimate of drug-likeness (QED) is 0.562. The van der Waals surface area contributed by atoms with Crippen LogP contribution in [0.5, 0.6) is 0 Å². The molecule has 2 rings (SSSR count). The summed E-state index contributed by atoms with van der Waals surface area (Å²) < 4.78 is 58.7. The Morgan fingerprint density at radius 1 is 1.30 bits per heavy atom. The summed E-state index contributed by atoms with van der Waals surface area (Å²) in [6.45, 7) is 4.71. The number of halogens is 5. The first-order valence-electron chi connectivity index (χ1n) is 6.97. The fraction of sp³-hybridized carbons (Fsp3) is 0.533. The molecule has 1 unspecified atom stereocenters. The number of fused-ring (bicyclic) bond motifs is 1. The van der Waals surface area contributed by atoms with E-state index in [0.717, 1.165) is 6.07 Å². The van der Waals surface area contributed by atoms with Crippen molar-refractivity contribution in [2.45, 2.75) is 51.4 Å². The van der Waals surface area contributed by atoms with Gasteiger partial charge in [0.25, 0.3) is 0 Å². The van der Waals surface area contributed by atoms with Crippen LogP contribution < -0.4 is 4.90 Å². The number of rotatable bonds is 0. The monoisotopic (exact) mass is 397 g/mol. The highest BCUT2D eigenvalue weighted by Gasteiger charge is 2.49. The van der Waals surface area contributed by atoms with Gasteiger partial charge in [-0.25, -0.2) is 9.18 Å². The Hall–Kier alpha value is -1.31. The molecule has 0 saturated carbocycles. The highest BCUT2D eigenvalue weighted by atomic mass is 79.9. The van der Waals surface area contributed by atoms with Gasteiger partial charge in [0.1, 0.15) is 17.5 Å². The highest BCUT2D eigenvalue weighted by molar-refractivity contribution is 9.10. The number of carbonyl (C=O) groups is 1. The molecular weight excluding hydrogens is 382 g/mol. The van der Waals surface area contributed by atoms with Crippen LogP contribution in [-0.4, -0.2) is 23.9 Å². The van der Waals surface area contributed by atoms with Gasteiger partial charge in [-0.2, -0.15) is 13.2 Å². The fourth-order valence-corrected chi connectivity index (χ4v) is 2.77. The van der Waals surface area contributed by atoms with E-state index >= 15 is 0 Å². The van der Waals surface area contributed by atoms with Gasteiger partial charge in [-0.15, -0.1) is 0 Å². The molecule has 1 heterocycles. The summed E-state index contributed by atoms with van der Waals surface area (Å²) in [6.07, 6.45) is -6.01. The van der Waals surface area contributed by atoms with E-state index in [2.05, 4.69) is 15.9 Å². The Morgan fingerprint density at radius 3 is 2.43 bits per heavy atom. The Labute approximate surface area is 139 Å². The Morgan fingerprint density at radius 2 is 1.91 bits per heavy atom. The number of benzene rings is 1. The van der Waals surface area contributed by atoms with Crippen LogP contribution in [0.2, 0.25) is 0 Å². The van der Waals surface area contributed by atoms with Crippen LogP contribution in [0.1, 0.15) is 32.8 Å². The van der Waals surface area contributed by atoms with Gasteiger partial charge in [0.2, 0.25) is 0 Å². The third-order valence-electron chi connectivity index (χ3n) is 3.35. The first kappa shape index (κ1) is 18.0. The summed E-state index contributed by atoms with van der Waals surface area (Å²) in [6, 6.07) is 0.331. The molecule has 1 aromatic rings. The van der Waals surface area contributed by atoms with Gasteiger partial charge < -0.3 is 4.74 Å². The van der Waals surface area contributed by atoms with Gasteiger partial charge in [0.05, 0.1) is 10.2 Å². The molecule has 1 amide bonds. The van der Waals surface area contributed by atoms with Crippen LogP contribution in [0, 0.1) is 5.82 Å². The number of amides is 1. The maximum Gasteiger partial charge on any atom is 0.415 e. The van der Waals surface area contributed by atoms with Crippen molar-refractivity contribution < 1.29 is 27.1 Å². The van der Waals surface area contributed by atoms with E-state index in [0.29, 0.717) is 10.5 Å². The fourth-order valence-electron chi connectivity index (χ4n) is 2.44. The van der Waals surface area contributed by atoms with Gasteiger partial charge in [-0.3, -0.25) is 4.90 Å². The second-order valence-electron chi connectivity index (χ2n) is 6.34. The molecule has 1 aliphatic rings. The summed E-state index contributed by atoms with van der Waals surface area (Å²) in [7, 11) is 0. The summed E-state index contributed by atoms with van der Waals surface area (Å²) in [5, 5.41) is 0. The van der Waals surface area contributed by atoms with Crippen molar-refractivity contribution in [3.8, 4) is 0 Å².